The molecule has 1 heterocycles. The summed E-state index contributed by atoms with van der Waals surface area (Å²) in [6.45, 7) is 6.09. The molecule has 0 bridgehead atoms. The summed E-state index contributed by atoms with van der Waals surface area (Å²) in [4.78, 5) is 2.49. The third-order valence-electron chi connectivity index (χ3n) is 4.52. The predicted octanol–water partition coefficient (Wildman–Crippen LogP) is 4.73. The Labute approximate surface area is 145 Å². The molecule has 0 atom stereocenters. The first-order valence-electron chi connectivity index (χ1n) is 9.16. The molecule has 24 heavy (non-hydrogen) atoms. The fraction of sp³-hybridized carbons (Fsp3) is 0.429. The van der Waals surface area contributed by atoms with E-state index < -0.39 is 0 Å². The van der Waals surface area contributed by atoms with Crippen molar-refractivity contribution in [1.82, 2.24) is 0 Å². The highest BCUT2D eigenvalue weighted by molar-refractivity contribution is 5.56. The monoisotopic (exact) mass is 324 g/mol. The Balaban J connectivity index is 1.51. The topological polar surface area (TPSA) is 24.5 Å². The highest BCUT2D eigenvalue weighted by Crippen LogP contribution is 2.26. The first-order valence-corrected chi connectivity index (χ1v) is 9.16. The lowest BCUT2D eigenvalue weighted by molar-refractivity contribution is 0.309. The van der Waals surface area contributed by atoms with Crippen molar-refractivity contribution >= 4 is 11.4 Å². The Kier molecular flexibility index (Phi) is 6.00. The standard InChI is InChI=1S/C21H28N2O/c1-2-3-16-24-20-11-6-10-19(17-20)22-13-15-23-14-7-9-18-8-4-5-12-21(18)23/h4-6,8,10-12,17,22H,2-3,7,9,13-16H2,1H3. The summed E-state index contributed by atoms with van der Waals surface area (Å²) in [5.41, 5.74) is 4.02. The minimum atomic E-state index is 0.796. The summed E-state index contributed by atoms with van der Waals surface area (Å²) in [6.07, 6.45) is 4.72. The molecule has 0 aromatic heterocycles. The number of hydrogen-bond acceptors (Lipinski definition) is 3. The molecule has 1 aliphatic heterocycles. The number of aryl methyl sites for hydroxylation is 1. The van der Waals surface area contributed by atoms with E-state index in [-0.39, 0.29) is 0 Å². The Morgan fingerprint density at radius 1 is 1.12 bits per heavy atom. The molecule has 0 fully saturated rings. The predicted molar refractivity (Wildman–Crippen MR) is 102 cm³/mol. The van der Waals surface area contributed by atoms with E-state index in [9.17, 15) is 0 Å². The Hall–Kier alpha value is -2.16. The molecule has 3 rings (SSSR count). The molecule has 128 valence electrons. The maximum atomic E-state index is 5.78. The van der Waals surface area contributed by atoms with Gasteiger partial charge >= 0.3 is 0 Å². The third kappa shape index (κ3) is 4.44. The maximum absolute atomic E-state index is 5.78. The minimum Gasteiger partial charge on any atom is -0.494 e. The molecule has 2 aromatic rings. The van der Waals surface area contributed by atoms with Crippen molar-refractivity contribution in [2.75, 3.05) is 36.5 Å². The van der Waals surface area contributed by atoms with Gasteiger partial charge in [0.2, 0.25) is 0 Å². The van der Waals surface area contributed by atoms with Crippen LogP contribution < -0.4 is 15.0 Å². The van der Waals surface area contributed by atoms with E-state index in [1.54, 1.807) is 0 Å². The van der Waals surface area contributed by atoms with Gasteiger partial charge in [0.25, 0.3) is 0 Å². The highest BCUT2D eigenvalue weighted by Gasteiger charge is 2.15. The average molecular weight is 324 g/mol. The summed E-state index contributed by atoms with van der Waals surface area (Å²) < 4.78 is 5.78. The fourth-order valence-corrected chi connectivity index (χ4v) is 3.21. The summed E-state index contributed by atoms with van der Waals surface area (Å²) in [5.74, 6) is 0.955. The lowest BCUT2D eigenvalue weighted by Crippen LogP contribution is -2.33. The molecule has 3 heteroatoms. The molecule has 0 amide bonds. The maximum Gasteiger partial charge on any atom is 0.121 e. The van der Waals surface area contributed by atoms with Crippen LogP contribution in [-0.4, -0.2) is 26.2 Å². The van der Waals surface area contributed by atoms with Gasteiger partial charge in [-0.1, -0.05) is 37.6 Å². The van der Waals surface area contributed by atoms with E-state index in [2.05, 4.69) is 59.6 Å². The van der Waals surface area contributed by atoms with Crippen molar-refractivity contribution in [1.29, 1.82) is 0 Å². The lowest BCUT2D eigenvalue weighted by atomic mass is 10.0. The molecular weight excluding hydrogens is 296 g/mol. The van der Waals surface area contributed by atoms with Gasteiger partial charge in [0.05, 0.1) is 6.61 Å². The Morgan fingerprint density at radius 3 is 2.96 bits per heavy atom. The largest absolute Gasteiger partial charge is 0.494 e. The van der Waals surface area contributed by atoms with Gasteiger partial charge in [0.1, 0.15) is 5.75 Å². The molecule has 3 nitrogen and oxygen atoms in total. The molecule has 2 aromatic carbocycles. The molecule has 0 aliphatic carbocycles. The molecule has 0 saturated carbocycles. The van der Waals surface area contributed by atoms with E-state index in [1.165, 1.54) is 24.1 Å². The van der Waals surface area contributed by atoms with Crippen molar-refractivity contribution in [3.05, 3.63) is 54.1 Å². The van der Waals surface area contributed by atoms with Crippen molar-refractivity contribution in [3.63, 3.8) is 0 Å². The lowest BCUT2D eigenvalue weighted by Gasteiger charge is -2.31. The van der Waals surface area contributed by atoms with Crippen LogP contribution in [0.4, 0.5) is 11.4 Å². The second kappa shape index (κ2) is 8.62. The zero-order chi connectivity index (χ0) is 16.6. The number of rotatable bonds is 8. The number of nitrogens with one attached hydrogen (secondary N) is 1. The number of benzene rings is 2. The Bertz CT molecular complexity index is 641. The van der Waals surface area contributed by atoms with Crippen LogP contribution in [-0.2, 0) is 6.42 Å². The number of anilines is 2. The van der Waals surface area contributed by atoms with Crippen LogP contribution in [0.25, 0.3) is 0 Å². The quantitative estimate of drug-likeness (QED) is 0.710. The summed E-state index contributed by atoms with van der Waals surface area (Å²) in [7, 11) is 0. The van der Waals surface area contributed by atoms with Gasteiger partial charge in [-0.25, -0.2) is 0 Å². The van der Waals surface area contributed by atoms with Gasteiger partial charge in [-0.2, -0.15) is 0 Å². The number of unbranched alkanes of at least 4 members (excludes halogenated alkanes) is 1. The van der Waals surface area contributed by atoms with Crippen LogP contribution in [0.5, 0.6) is 5.75 Å². The normalized spacial score (nSPS) is 13.5. The van der Waals surface area contributed by atoms with Gasteiger partial charge in [0, 0.05) is 37.1 Å². The molecule has 0 unspecified atom stereocenters. The fourth-order valence-electron chi connectivity index (χ4n) is 3.21. The second-order valence-electron chi connectivity index (χ2n) is 6.38. The van der Waals surface area contributed by atoms with Crippen LogP contribution in [0.1, 0.15) is 31.7 Å². The van der Waals surface area contributed by atoms with Gasteiger partial charge in [-0.15, -0.1) is 0 Å². The number of fused-ring (bicyclic) bond motifs is 1. The summed E-state index contributed by atoms with van der Waals surface area (Å²) >= 11 is 0. The van der Waals surface area contributed by atoms with E-state index in [4.69, 9.17) is 4.74 Å². The van der Waals surface area contributed by atoms with Gasteiger partial charge in [-0.05, 0) is 43.0 Å². The van der Waals surface area contributed by atoms with E-state index in [1.807, 2.05) is 6.07 Å². The second-order valence-corrected chi connectivity index (χ2v) is 6.38. The first-order chi connectivity index (χ1) is 11.9. The van der Waals surface area contributed by atoms with Crippen LogP contribution in [0.15, 0.2) is 48.5 Å². The van der Waals surface area contributed by atoms with E-state index in [0.717, 1.165) is 50.5 Å². The summed E-state index contributed by atoms with van der Waals surface area (Å²) in [5, 5.41) is 3.53. The van der Waals surface area contributed by atoms with Crippen molar-refractivity contribution in [2.24, 2.45) is 0 Å². The SMILES string of the molecule is CCCCOc1cccc(NCCN2CCCc3ccccc32)c1. The number of nitrogens with zero attached hydrogens (tertiary/aromatic N) is 1. The van der Waals surface area contributed by atoms with Crippen LogP contribution in [0, 0.1) is 0 Å². The zero-order valence-electron chi connectivity index (χ0n) is 14.6. The minimum absolute atomic E-state index is 0.796. The molecule has 0 spiro atoms. The average Bonchev–Trinajstić information content (AvgIpc) is 2.63. The van der Waals surface area contributed by atoms with E-state index >= 15 is 0 Å². The molecule has 0 saturated heterocycles. The smallest absolute Gasteiger partial charge is 0.121 e. The van der Waals surface area contributed by atoms with E-state index in [0.29, 0.717) is 0 Å². The van der Waals surface area contributed by atoms with Gasteiger partial charge in [-0.3, -0.25) is 0 Å². The van der Waals surface area contributed by atoms with Crippen molar-refractivity contribution in [3.8, 4) is 5.75 Å². The molecule has 1 aliphatic rings. The number of ether oxygens (including phenoxy) is 1. The highest BCUT2D eigenvalue weighted by atomic mass is 16.5. The van der Waals surface area contributed by atoms with Crippen LogP contribution in [0.3, 0.4) is 0 Å². The first kappa shape index (κ1) is 16.7. The van der Waals surface area contributed by atoms with Gasteiger partial charge in [0.15, 0.2) is 0 Å². The van der Waals surface area contributed by atoms with Crippen molar-refractivity contribution < 1.29 is 4.74 Å². The van der Waals surface area contributed by atoms with Crippen molar-refractivity contribution in [2.45, 2.75) is 32.6 Å². The molecular formula is C21H28N2O. The van der Waals surface area contributed by atoms with Crippen LogP contribution in [0.2, 0.25) is 0 Å². The number of hydrogen-bond donors (Lipinski definition) is 1. The Morgan fingerprint density at radius 2 is 2.04 bits per heavy atom. The van der Waals surface area contributed by atoms with Crippen LogP contribution >= 0.6 is 0 Å². The third-order valence-corrected chi connectivity index (χ3v) is 4.52. The summed E-state index contributed by atoms with van der Waals surface area (Å²) in [6, 6.07) is 17.1. The number of para-hydroxylation sites is 1. The van der Waals surface area contributed by atoms with Gasteiger partial charge < -0.3 is 15.0 Å². The molecule has 0 radical (unpaired) electrons. The molecule has 1 N–H and O–H groups in total. The zero-order valence-corrected chi connectivity index (χ0v) is 14.6.